The molecule has 0 heterocycles. The quantitative estimate of drug-likeness (QED) is 0.462. The summed E-state index contributed by atoms with van der Waals surface area (Å²) in [4.78, 5) is 1.07. The van der Waals surface area contributed by atoms with E-state index in [1.165, 1.54) is 22.5 Å². The Balaban J connectivity index is 3.07. The van der Waals surface area contributed by atoms with Crippen LogP contribution >= 0.6 is 17.7 Å². The SMILES string of the molecule is CCCC(C)=CP(=O)(C=C(C)CCC)Sc1ccccc1. The molecule has 0 bridgehead atoms. The zero-order valence-electron chi connectivity index (χ0n) is 13.6. The molecule has 0 unspecified atom stereocenters. The number of hydrogen-bond donors (Lipinski definition) is 0. The van der Waals surface area contributed by atoms with E-state index in [0.29, 0.717) is 0 Å². The predicted octanol–water partition coefficient (Wildman–Crippen LogP) is 7.46. The molecule has 0 saturated heterocycles. The lowest BCUT2D eigenvalue weighted by Gasteiger charge is -2.13. The standard InChI is InChI=1S/C18H27OPS/c1-5-10-16(3)14-20(19,15-17(4)11-6-2)21-18-12-8-7-9-13-18/h7-9,12-15H,5-6,10-11H2,1-4H3. The van der Waals surface area contributed by atoms with Crippen LogP contribution in [0.4, 0.5) is 0 Å². The van der Waals surface area contributed by atoms with E-state index in [2.05, 4.69) is 27.7 Å². The zero-order chi connectivity index (χ0) is 15.7. The molecule has 1 rings (SSSR count). The molecule has 0 aliphatic heterocycles. The van der Waals surface area contributed by atoms with Crippen LogP contribution in [0.3, 0.4) is 0 Å². The number of rotatable bonds is 8. The molecule has 0 radical (unpaired) electrons. The van der Waals surface area contributed by atoms with Crippen LogP contribution in [0.1, 0.15) is 53.4 Å². The molecule has 1 aromatic carbocycles. The fourth-order valence-corrected chi connectivity index (χ4v) is 7.29. The molecular weight excluding hydrogens is 295 g/mol. The zero-order valence-corrected chi connectivity index (χ0v) is 15.3. The van der Waals surface area contributed by atoms with Gasteiger partial charge in [0.2, 0.25) is 0 Å². The van der Waals surface area contributed by atoms with Crippen LogP contribution in [0.2, 0.25) is 0 Å². The Hall–Kier alpha value is -0.720. The molecule has 3 heteroatoms. The van der Waals surface area contributed by atoms with Gasteiger partial charge < -0.3 is 4.57 Å². The molecule has 1 nitrogen and oxygen atoms in total. The normalized spacial score (nSPS) is 15.8. The second-order valence-corrected chi connectivity index (χ2v) is 10.2. The molecule has 0 amide bonds. The molecule has 0 aliphatic rings. The molecular formula is C18H27OPS. The van der Waals surface area contributed by atoms with Gasteiger partial charge in [0.25, 0.3) is 0 Å². The molecule has 0 saturated carbocycles. The molecule has 0 fully saturated rings. The van der Waals surface area contributed by atoms with Crippen LogP contribution in [0.15, 0.2) is 58.0 Å². The van der Waals surface area contributed by atoms with Crippen molar-refractivity contribution in [3.05, 3.63) is 53.1 Å². The van der Waals surface area contributed by atoms with Gasteiger partial charge in [-0.3, -0.25) is 0 Å². The first kappa shape index (κ1) is 18.3. The molecule has 0 aromatic heterocycles. The number of benzene rings is 1. The van der Waals surface area contributed by atoms with Crippen molar-refractivity contribution in [1.29, 1.82) is 0 Å². The molecule has 0 spiro atoms. The van der Waals surface area contributed by atoms with E-state index in [4.69, 9.17) is 0 Å². The monoisotopic (exact) mass is 322 g/mol. The Kier molecular flexibility index (Phi) is 8.14. The largest absolute Gasteiger partial charge is 0.303 e. The highest BCUT2D eigenvalue weighted by Gasteiger charge is 2.18. The minimum absolute atomic E-state index is 1.01. The van der Waals surface area contributed by atoms with Crippen LogP contribution in [0.25, 0.3) is 0 Å². The summed E-state index contributed by atoms with van der Waals surface area (Å²) in [6.45, 7) is 8.49. The fourth-order valence-electron chi connectivity index (χ4n) is 2.27. The number of hydrogen-bond acceptors (Lipinski definition) is 2. The van der Waals surface area contributed by atoms with Gasteiger partial charge in [-0.25, -0.2) is 0 Å². The Morgan fingerprint density at radius 2 is 1.48 bits per heavy atom. The third-order valence-corrected chi connectivity index (χ3v) is 7.57. The van der Waals surface area contributed by atoms with E-state index in [0.717, 1.165) is 30.6 Å². The predicted molar refractivity (Wildman–Crippen MR) is 97.2 cm³/mol. The third kappa shape index (κ3) is 7.20. The van der Waals surface area contributed by atoms with E-state index in [1.54, 1.807) is 0 Å². The Morgan fingerprint density at radius 3 is 1.90 bits per heavy atom. The van der Waals surface area contributed by atoms with Crippen LogP contribution in [0, 0.1) is 0 Å². The van der Waals surface area contributed by atoms with Gasteiger partial charge in [0.05, 0.1) is 0 Å². The average molecular weight is 322 g/mol. The fraction of sp³-hybridized carbons (Fsp3) is 0.444. The summed E-state index contributed by atoms with van der Waals surface area (Å²) in [5.41, 5.74) is 2.45. The van der Waals surface area contributed by atoms with Gasteiger partial charge in [0.15, 0.2) is 6.34 Å². The van der Waals surface area contributed by atoms with Crippen molar-refractivity contribution in [2.75, 3.05) is 0 Å². The highest BCUT2D eigenvalue weighted by molar-refractivity contribution is 8.60. The van der Waals surface area contributed by atoms with Gasteiger partial charge in [-0.05, 0) is 50.5 Å². The Bertz CT molecular complexity index is 505. The highest BCUT2D eigenvalue weighted by Crippen LogP contribution is 2.65. The van der Waals surface area contributed by atoms with Crippen LogP contribution in [-0.2, 0) is 4.57 Å². The summed E-state index contributed by atoms with van der Waals surface area (Å²) in [5.74, 6) is 4.01. The summed E-state index contributed by atoms with van der Waals surface area (Å²) in [5, 5.41) is 0. The Morgan fingerprint density at radius 1 is 1.00 bits per heavy atom. The first-order valence-corrected chi connectivity index (χ1v) is 11.0. The topological polar surface area (TPSA) is 17.1 Å². The Labute approximate surface area is 134 Å². The van der Waals surface area contributed by atoms with E-state index in [9.17, 15) is 4.57 Å². The maximum Gasteiger partial charge on any atom is 0.185 e. The maximum atomic E-state index is 13.4. The first-order chi connectivity index (χ1) is 9.99. The smallest absolute Gasteiger partial charge is 0.185 e. The van der Waals surface area contributed by atoms with Crippen molar-refractivity contribution in [2.45, 2.75) is 58.3 Å². The van der Waals surface area contributed by atoms with E-state index >= 15 is 0 Å². The van der Waals surface area contributed by atoms with Crippen LogP contribution in [0.5, 0.6) is 0 Å². The maximum absolute atomic E-state index is 13.4. The minimum Gasteiger partial charge on any atom is -0.303 e. The van der Waals surface area contributed by atoms with Crippen LogP contribution in [-0.4, -0.2) is 0 Å². The summed E-state index contributed by atoms with van der Waals surface area (Å²) in [6.07, 6.45) is 1.69. The van der Waals surface area contributed by atoms with Crippen molar-refractivity contribution >= 4 is 17.7 Å². The van der Waals surface area contributed by atoms with Crippen molar-refractivity contribution in [3.8, 4) is 0 Å². The van der Waals surface area contributed by atoms with Gasteiger partial charge in [-0.15, -0.1) is 0 Å². The summed E-state index contributed by atoms with van der Waals surface area (Å²) < 4.78 is 13.4. The molecule has 1 aromatic rings. The summed E-state index contributed by atoms with van der Waals surface area (Å²) >= 11 is 1.50. The third-order valence-electron chi connectivity index (χ3n) is 3.08. The van der Waals surface area contributed by atoms with E-state index in [1.807, 2.05) is 42.0 Å². The van der Waals surface area contributed by atoms with Crippen molar-refractivity contribution in [3.63, 3.8) is 0 Å². The first-order valence-electron chi connectivity index (χ1n) is 7.70. The molecule has 0 atom stereocenters. The molecule has 0 aliphatic carbocycles. The van der Waals surface area contributed by atoms with Crippen molar-refractivity contribution < 1.29 is 4.57 Å². The van der Waals surface area contributed by atoms with Gasteiger partial charge in [0.1, 0.15) is 0 Å². The average Bonchev–Trinajstić information content (AvgIpc) is 2.39. The lowest BCUT2D eigenvalue weighted by atomic mass is 10.2. The minimum atomic E-state index is -2.52. The van der Waals surface area contributed by atoms with Crippen LogP contribution < -0.4 is 0 Å². The lowest BCUT2D eigenvalue weighted by molar-refractivity contribution is 0.594. The van der Waals surface area contributed by atoms with Gasteiger partial charge >= 0.3 is 0 Å². The van der Waals surface area contributed by atoms with E-state index in [-0.39, 0.29) is 0 Å². The van der Waals surface area contributed by atoms with Gasteiger partial charge in [-0.1, -0.05) is 67.4 Å². The second-order valence-electron chi connectivity index (χ2n) is 5.50. The molecule has 0 N–H and O–H groups in total. The second kappa shape index (κ2) is 9.33. The molecule has 116 valence electrons. The highest BCUT2D eigenvalue weighted by atomic mass is 32.7. The van der Waals surface area contributed by atoms with Crippen molar-refractivity contribution in [2.24, 2.45) is 0 Å². The van der Waals surface area contributed by atoms with E-state index < -0.39 is 6.34 Å². The summed E-state index contributed by atoms with van der Waals surface area (Å²) in [6, 6.07) is 10.0. The number of allylic oxidation sites excluding steroid dienone is 2. The summed E-state index contributed by atoms with van der Waals surface area (Å²) in [7, 11) is 0. The van der Waals surface area contributed by atoms with Gasteiger partial charge in [-0.2, -0.15) is 0 Å². The van der Waals surface area contributed by atoms with Crippen molar-refractivity contribution in [1.82, 2.24) is 0 Å². The molecule has 21 heavy (non-hydrogen) atoms. The van der Waals surface area contributed by atoms with Gasteiger partial charge in [0, 0.05) is 4.90 Å². The lowest BCUT2D eigenvalue weighted by Crippen LogP contribution is -1.80.